The smallest absolute Gasteiger partial charge is 0.336 e. The number of nitro benzene ring substituents is 1. The maximum Gasteiger partial charge on any atom is 0.336 e. The Bertz CT molecular complexity index is 1010. The van der Waals surface area contributed by atoms with E-state index in [1.807, 2.05) is 19.1 Å². The van der Waals surface area contributed by atoms with E-state index in [1.54, 1.807) is 31.3 Å². The molecule has 1 aliphatic rings. The minimum Gasteiger partial charge on any atom is -0.460 e. The molecule has 8 nitrogen and oxygen atoms in total. The fourth-order valence-corrected chi connectivity index (χ4v) is 3.57. The molecule has 0 fully saturated rings. The van der Waals surface area contributed by atoms with Gasteiger partial charge in [-0.1, -0.05) is 18.2 Å². The molecule has 2 aromatic rings. The van der Waals surface area contributed by atoms with Crippen LogP contribution in [0.2, 0.25) is 0 Å². The van der Waals surface area contributed by atoms with Gasteiger partial charge in [-0.3, -0.25) is 15.1 Å². The molecule has 30 heavy (non-hydrogen) atoms. The third-order valence-electron chi connectivity index (χ3n) is 4.86. The number of hydrogen-bond acceptors (Lipinski definition) is 7. The molecule has 0 spiro atoms. The summed E-state index contributed by atoms with van der Waals surface area (Å²) in [7, 11) is 1.53. The maximum atomic E-state index is 13.0. The van der Waals surface area contributed by atoms with E-state index in [1.165, 1.54) is 19.2 Å². The van der Waals surface area contributed by atoms with Gasteiger partial charge in [-0.2, -0.15) is 0 Å². The molecule has 0 aliphatic carbocycles. The standard InChI is InChI=1S/C22H23N3O5/c1-14-19(18-9-4-5-10-23-18)21(16-7-6-8-17(13-16)25(27)28)20(15(2)24-14)22(26)30-12-11-29-3/h4-10,13,21,24H,11-12H2,1-3H3. The molecule has 8 heteroatoms. The number of carbonyl (C=O) groups excluding carboxylic acids is 1. The van der Waals surface area contributed by atoms with Crippen LogP contribution in [0.15, 0.2) is 65.6 Å². The number of esters is 1. The zero-order valence-electron chi connectivity index (χ0n) is 17.0. The number of carbonyl (C=O) groups is 1. The summed E-state index contributed by atoms with van der Waals surface area (Å²) >= 11 is 0. The van der Waals surface area contributed by atoms with Crippen LogP contribution in [-0.4, -0.2) is 36.2 Å². The molecular weight excluding hydrogens is 386 g/mol. The Morgan fingerprint density at radius 3 is 2.63 bits per heavy atom. The highest BCUT2D eigenvalue weighted by molar-refractivity contribution is 5.97. The van der Waals surface area contributed by atoms with Gasteiger partial charge in [0, 0.05) is 48.3 Å². The van der Waals surface area contributed by atoms with Crippen molar-refractivity contribution in [1.29, 1.82) is 0 Å². The lowest BCUT2D eigenvalue weighted by Crippen LogP contribution is -2.29. The van der Waals surface area contributed by atoms with Gasteiger partial charge in [0.05, 0.1) is 22.8 Å². The molecule has 0 bridgehead atoms. The number of dihydropyridines is 1. The normalized spacial score (nSPS) is 16.3. The predicted octanol–water partition coefficient (Wildman–Crippen LogP) is 3.57. The highest BCUT2D eigenvalue weighted by atomic mass is 16.6. The molecule has 0 radical (unpaired) electrons. The quantitative estimate of drug-likeness (QED) is 0.323. The molecule has 156 valence electrons. The summed E-state index contributed by atoms with van der Waals surface area (Å²) in [6.45, 7) is 4.06. The van der Waals surface area contributed by atoms with Crippen molar-refractivity contribution in [1.82, 2.24) is 10.3 Å². The largest absolute Gasteiger partial charge is 0.460 e. The molecule has 1 aromatic heterocycles. The number of nitrogens with one attached hydrogen (secondary N) is 1. The lowest BCUT2D eigenvalue weighted by atomic mass is 9.79. The van der Waals surface area contributed by atoms with Crippen molar-refractivity contribution < 1.29 is 19.2 Å². The topological polar surface area (TPSA) is 104 Å². The number of nitro groups is 1. The molecule has 0 saturated heterocycles. The summed E-state index contributed by atoms with van der Waals surface area (Å²) in [5, 5.41) is 14.6. The molecule has 0 amide bonds. The maximum absolute atomic E-state index is 13.0. The number of rotatable bonds is 7. The van der Waals surface area contributed by atoms with E-state index in [2.05, 4.69) is 10.3 Å². The average Bonchev–Trinajstić information content (AvgIpc) is 2.74. The summed E-state index contributed by atoms with van der Waals surface area (Å²) in [6.07, 6.45) is 1.67. The molecule has 1 aliphatic heterocycles. The molecule has 1 N–H and O–H groups in total. The second-order valence-corrected chi connectivity index (χ2v) is 6.83. The summed E-state index contributed by atoms with van der Waals surface area (Å²) in [5.74, 6) is -1.08. The van der Waals surface area contributed by atoms with E-state index in [4.69, 9.17) is 9.47 Å². The fourth-order valence-electron chi connectivity index (χ4n) is 3.57. The molecule has 0 saturated carbocycles. The third kappa shape index (κ3) is 4.38. The van der Waals surface area contributed by atoms with E-state index in [9.17, 15) is 14.9 Å². The minimum atomic E-state index is -0.573. The van der Waals surface area contributed by atoms with Crippen LogP contribution in [0.1, 0.15) is 31.0 Å². The van der Waals surface area contributed by atoms with Crippen LogP contribution >= 0.6 is 0 Å². The molecule has 1 aromatic carbocycles. The van der Waals surface area contributed by atoms with Gasteiger partial charge >= 0.3 is 5.97 Å². The van der Waals surface area contributed by atoms with E-state index < -0.39 is 16.8 Å². The van der Waals surface area contributed by atoms with Crippen LogP contribution in [0.4, 0.5) is 5.69 Å². The van der Waals surface area contributed by atoms with E-state index in [-0.39, 0.29) is 18.9 Å². The van der Waals surface area contributed by atoms with Gasteiger partial charge in [0.1, 0.15) is 6.61 Å². The number of hydrogen-bond donors (Lipinski definition) is 1. The number of benzene rings is 1. The number of pyridine rings is 1. The van der Waals surface area contributed by atoms with Gasteiger partial charge in [0.25, 0.3) is 5.69 Å². The van der Waals surface area contributed by atoms with E-state index in [0.29, 0.717) is 22.5 Å². The number of aromatic nitrogens is 1. The monoisotopic (exact) mass is 409 g/mol. The van der Waals surface area contributed by atoms with Crippen LogP contribution in [0, 0.1) is 10.1 Å². The molecule has 1 unspecified atom stereocenters. The van der Waals surface area contributed by atoms with Crippen molar-refractivity contribution in [2.24, 2.45) is 0 Å². The van der Waals surface area contributed by atoms with Crippen LogP contribution in [0.3, 0.4) is 0 Å². The van der Waals surface area contributed by atoms with Gasteiger partial charge in [-0.05, 0) is 31.5 Å². The third-order valence-corrected chi connectivity index (χ3v) is 4.86. The van der Waals surface area contributed by atoms with Crippen LogP contribution in [0.25, 0.3) is 5.57 Å². The Kier molecular flexibility index (Phi) is 6.58. The Labute approximate surface area is 174 Å². The summed E-state index contributed by atoms with van der Waals surface area (Å²) in [6, 6.07) is 11.8. The Balaban J connectivity index is 2.15. The second-order valence-electron chi connectivity index (χ2n) is 6.83. The number of ether oxygens (including phenoxy) is 2. The first-order valence-corrected chi connectivity index (χ1v) is 9.44. The first-order chi connectivity index (χ1) is 14.4. The summed E-state index contributed by atoms with van der Waals surface area (Å²) < 4.78 is 10.4. The average molecular weight is 409 g/mol. The van der Waals surface area contributed by atoms with Gasteiger partial charge in [-0.25, -0.2) is 4.79 Å². The first kappa shape index (κ1) is 21.2. The van der Waals surface area contributed by atoms with Crippen molar-refractivity contribution in [2.75, 3.05) is 20.3 Å². The van der Waals surface area contributed by atoms with Crippen LogP contribution in [0.5, 0.6) is 0 Å². The van der Waals surface area contributed by atoms with Gasteiger partial charge in [-0.15, -0.1) is 0 Å². The van der Waals surface area contributed by atoms with Crippen LogP contribution in [-0.2, 0) is 14.3 Å². The lowest BCUT2D eigenvalue weighted by molar-refractivity contribution is -0.384. The summed E-state index contributed by atoms with van der Waals surface area (Å²) in [4.78, 5) is 28.4. The zero-order chi connectivity index (χ0) is 21.7. The highest BCUT2D eigenvalue weighted by Crippen LogP contribution is 2.43. The number of methoxy groups -OCH3 is 1. The molecule has 1 atom stereocenters. The molecular formula is C22H23N3O5. The van der Waals surface area contributed by atoms with E-state index >= 15 is 0 Å². The lowest BCUT2D eigenvalue weighted by Gasteiger charge is -2.31. The van der Waals surface area contributed by atoms with Gasteiger partial charge in [0.15, 0.2) is 0 Å². The fraction of sp³-hybridized carbons (Fsp3) is 0.273. The van der Waals surface area contributed by atoms with E-state index in [0.717, 1.165) is 11.3 Å². The Hall–Kier alpha value is -3.52. The first-order valence-electron chi connectivity index (χ1n) is 9.44. The van der Waals surface area contributed by atoms with Crippen molar-refractivity contribution >= 4 is 17.2 Å². The number of non-ortho nitro benzene ring substituents is 1. The van der Waals surface area contributed by atoms with Crippen molar-refractivity contribution in [3.8, 4) is 0 Å². The van der Waals surface area contributed by atoms with Crippen molar-refractivity contribution in [2.45, 2.75) is 19.8 Å². The molecule has 2 heterocycles. The van der Waals surface area contributed by atoms with Crippen molar-refractivity contribution in [3.63, 3.8) is 0 Å². The van der Waals surface area contributed by atoms with Gasteiger partial charge < -0.3 is 14.8 Å². The van der Waals surface area contributed by atoms with Crippen LogP contribution < -0.4 is 5.32 Å². The SMILES string of the molecule is COCCOC(=O)C1=C(C)NC(C)=C(c2ccccn2)C1c1cccc([N+](=O)[O-])c1. The highest BCUT2D eigenvalue weighted by Gasteiger charge is 2.35. The minimum absolute atomic E-state index is 0.0474. The predicted molar refractivity (Wildman–Crippen MR) is 111 cm³/mol. The number of allylic oxidation sites excluding steroid dienone is 3. The van der Waals surface area contributed by atoms with Crippen molar-refractivity contribution in [3.05, 3.63) is 87.0 Å². The number of nitrogens with zero attached hydrogens (tertiary/aromatic N) is 2. The van der Waals surface area contributed by atoms with Gasteiger partial charge in [0.2, 0.25) is 0 Å². The Morgan fingerprint density at radius 2 is 1.97 bits per heavy atom. The summed E-state index contributed by atoms with van der Waals surface area (Å²) in [5.41, 5.74) is 3.84. The second kappa shape index (κ2) is 9.32. The molecule has 3 rings (SSSR count). The Morgan fingerprint density at radius 1 is 1.17 bits per heavy atom. The zero-order valence-corrected chi connectivity index (χ0v) is 17.0.